The first-order chi connectivity index (χ1) is 13.9. The van der Waals surface area contributed by atoms with Crippen molar-refractivity contribution in [2.45, 2.75) is 41.7 Å². The first-order valence-corrected chi connectivity index (χ1v) is 12.3. The molecule has 3 rings (SSSR count). The number of amides is 1. The molecule has 1 heterocycles. The standard InChI is InChI=1S/C21H26N2O4S2/c1-15(16-8-10-19(28-2)11-9-16)23-21(24)17-5-3-7-20(13-17)29(25,26)22-14-18-6-4-12-27-18/h3,5,7-11,13,15,18,22H,4,6,12,14H2,1-2H3,(H,23,24). The molecule has 0 saturated carbocycles. The molecule has 0 aromatic heterocycles. The lowest BCUT2D eigenvalue weighted by Crippen LogP contribution is -2.32. The fourth-order valence-electron chi connectivity index (χ4n) is 3.15. The molecule has 2 atom stereocenters. The number of rotatable bonds is 8. The maximum absolute atomic E-state index is 12.6. The lowest BCUT2D eigenvalue weighted by molar-refractivity contribution is 0.0939. The van der Waals surface area contributed by atoms with Crippen LogP contribution in [0.25, 0.3) is 0 Å². The van der Waals surface area contributed by atoms with Crippen LogP contribution in [-0.4, -0.2) is 39.8 Å². The lowest BCUT2D eigenvalue weighted by Gasteiger charge is -2.15. The predicted octanol–water partition coefficient (Wildman–Crippen LogP) is 3.36. The van der Waals surface area contributed by atoms with E-state index in [9.17, 15) is 13.2 Å². The molecule has 1 amide bonds. The fraction of sp³-hybridized carbons (Fsp3) is 0.381. The average Bonchev–Trinajstić information content (AvgIpc) is 3.26. The Morgan fingerprint density at radius 1 is 1.24 bits per heavy atom. The Morgan fingerprint density at radius 3 is 2.66 bits per heavy atom. The van der Waals surface area contributed by atoms with Crippen LogP contribution in [0.5, 0.6) is 0 Å². The summed E-state index contributed by atoms with van der Waals surface area (Å²) in [5.74, 6) is -0.317. The van der Waals surface area contributed by atoms with E-state index in [-0.39, 0.29) is 29.5 Å². The summed E-state index contributed by atoms with van der Waals surface area (Å²) >= 11 is 1.66. The second-order valence-electron chi connectivity index (χ2n) is 6.98. The predicted molar refractivity (Wildman–Crippen MR) is 115 cm³/mol. The summed E-state index contributed by atoms with van der Waals surface area (Å²) in [5, 5.41) is 2.92. The van der Waals surface area contributed by atoms with Gasteiger partial charge in [0.2, 0.25) is 10.0 Å². The van der Waals surface area contributed by atoms with Crippen LogP contribution in [-0.2, 0) is 14.8 Å². The largest absolute Gasteiger partial charge is 0.377 e. The maximum Gasteiger partial charge on any atom is 0.251 e. The zero-order valence-corrected chi connectivity index (χ0v) is 18.2. The second kappa shape index (κ2) is 9.75. The van der Waals surface area contributed by atoms with Gasteiger partial charge in [0.1, 0.15) is 0 Å². The van der Waals surface area contributed by atoms with E-state index in [0.29, 0.717) is 12.2 Å². The molecule has 6 nitrogen and oxygen atoms in total. The average molecular weight is 435 g/mol. The van der Waals surface area contributed by atoms with Crippen molar-refractivity contribution in [1.29, 1.82) is 0 Å². The quantitative estimate of drug-likeness (QED) is 0.623. The van der Waals surface area contributed by atoms with Crippen LogP contribution in [0.15, 0.2) is 58.3 Å². The van der Waals surface area contributed by atoms with E-state index in [4.69, 9.17) is 4.74 Å². The second-order valence-corrected chi connectivity index (χ2v) is 9.63. The van der Waals surface area contributed by atoms with Crippen LogP contribution in [0, 0.1) is 0 Å². The molecular formula is C21H26N2O4S2. The lowest BCUT2D eigenvalue weighted by atomic mass is 10.1. The first-order valence-electron chi connectivity index (χ1n) is 9.55. The zero-order valence-electron chi connectivity index (χ0n) is 16.6. The van der Waals surface area contributed by atoms with Gasteiger partial charge in [-0.25, -0.2) is 13.1 Å². The molecule has 156 valence electrons. The highest BCUT2D eigenvalue weighted by atomic mass is 32.2. The van der Waals surface area contributed by atoms with Crippen LogP contribution in [0.3, 0.4) is 0 Å². The highest BCUT2D eigenvalue weighted by Crippen LogP contribution is 2.20. The number of hydrogen-bond donors (Lipinski definition) is 2. The van der Waals surface area contributed by atoms with Crippen LogP contribution in [0.4, 0.5) is 0 Å². The van der Waals surface area contributed by atoms with Crippen molar-refractivity contribution in [1.82, 2.24) is 10.0 Å². The Balaban J connectivity index is 1.66. The minimum atomic E-state index is -3.70. The van der Waals surface area contributed by atoms with E-state index < -0.39 is 10.0 Å². The molecule has 0 bridgehead atoms. The number of ether oxygens (including phenoxy) is 1. The number of carbonyl (C=O) groups is 1. The van der Waals surface area contributed by atoms with Gasteiger partial charge in [-0.05, 0) is 61.9 Å². The molecule has 2 aromatic carbocycles. The van der Waals surface area contributed by atoms with Crippen LogP contribution < -0.4 is 10.0 Å². The molecule has 0 spiro atoms. The summed E-state index contributed by atoms with van der Waals surface area (Å²) in [6.45, 7) is 2.80. The van der Waals surface area contributed by atoms with Gasteiger partial charge in [-0.3, -0.25) is 4.79 Å². The molecule has 2 unspecified atom stereocenters. The third-order valence-electron chi connectivity index (χ3n) is 4.89. The van der Waals surface area contributed by atoms with Crippen molar-refractivity contribution in [2.75, 3.05) is 19.4 Å². The fourth-order valence-corrected chi connectivity index (χ4v) is 4.67. The van der Waals surface area contributed by atoms with Gasteiger partial charge in [0.15, 0.2) is 0 Å². The number of carbonyl (C=O) groups excluding carboxylic acids is 1. The topological polar surface area (TPSA) is 84.5 Å². The van der Waals surface area contributed by atoms with E-state index in [1.54, 1.807) is 23.9 Å². The molecule has 1 aliphatic rings. The Labute approximate surface area is 176 Å². The summed E-state index contributed by atoms with van der Waals surface area (Å²) in [5.41, 5.74) is 1.29. The maximum atomic E-state index is 12.6. The molecule has 1 fully saturated rings. The summed E-state index contributed by atoms with van der Waals surface area (Å²) in [4.78, 5) is 13.9. The van der Waals surface area contributed by atoms with Crippen LogP contribution in [0.1, 0.15) is 41.7 Å². The normalized spacial score (nSPS) is 17.8. The molecule has 0 aliphatic carbocycles. The van der Waals surface area contributed by atoms with Crippen molar-refractivity contribution in [3.63, 3.8) is 0 Å². The minimum absolute atomic E-state index is 0.0696. The SMILES string of the molecule is CSc1ccc(C(C)NC(=O)c2cccc(S(=O)(=O)NCC3CCCO3)c2)cc1. The molecule has 2 N–H and O–H groups in total. The van der Waals surface area contributed by atoms with Crippen molar-refractivity contribution in [2.24, 2.45) is 0 Å². The summed E-state index contributed by atoms with van der Waals surface area (Å²) < 4.78 is 33.2. The first kappa shape index (κ1) is 21.8. The van der Waals surface area contributed by atoms with E-state index in [0.717, 1.165) is 23.3 Å². The van der Waals surface area contributed by atoms with Gasteiger partial charge in [0.05, 0.1) is 17.0 Å². The number of hydrogen-bond acceptors (Lipinski definition) is 5. The number of thioether (sulfide) groups is 1. The summed E-state index contributed by atoms with van der Waals surface area (Å²) in [6, 6.07) is 13.8. The Kier molecular flexibility index (Phi) is 7.34. The van der Waals surface area contributed by atoms with Crippen molar-refractivity contribution in [3.05, 3.63) is 59.7 Å². The molecule has 1 saturated heterocycles. The van der Waals surface area contributed by atoms with Crippen LogP contribution in [0.2, 0.25) is 0 Å². The molecule has 1 aliphatic heterocycles. The van der Waals surface area contributed by atoms with Gasteiger partial charge in [0.25, 0.3) is 5.91 Å². The smallest absolute Gasteiger partial charge is 0.251 e. The van der Waals surface area contributed by atoms with Crippen molar-refractivity contribution >= 4 is 27.7 Å². The number of nitrogens with one attached hydrogen (secondary N) is 2. The highest BCUT2D eigenvalue weighted by molar-refractivity contribution is 7.98. The van der Waals surface area contributed by atoms with E-state index in [1.807, 2.05) is 37.4 Å². The molecule has 0 radical (unpaired) electrons. The van der Waals surface area contributed by atoms with E-state index in [1.165, 1.54) is 12.1 Å². The van der Waals surface area contributed by atoms with Gasteiger partial charge in [0, 0.05) is 23.6 Å². The molecule has 2 aromatic rings. The zero-order chi connectivity index (χ0) is 20.9. The van der Waals surface area contributed by atoms with Crippen LogP contribution >= 0.6 is 11.8 Å². The van der Waals surface area contributed by atoms with Gasteiger partial charge in [-0.1, -0.05) is 18.2 Å². The summed E-state index contributed by atoms with van der Waals surface area (Å²) in [7, 11) is -3.70. The van der Waals surface area contributed by atoms with Gasteiger partial charge in [-0.2, -0.15) is 0 Å². The molecule has 29 heavy (non-hydrogen) atoms. The third kappa shape index (κ3) is 5.82. The van der Waals surface area contributed by atoms with Gasteiger partial charge < -0.3 is 10.1 Å². The van der Waals surface area contributed by atoms with E-state index >= 15 is 0 Å². The third-order valence-corrected chi connectivity index (χ3v) is 7.06. The summed E-state index contributed by atoms with van der Waals surface area (Å²) in [6.07, 6.45) is 3.72. The number of benzene rings is 2. The van der Waals surface area contributed by atoms with Gasteiger partial charge >= 0.3 is 0 Å². The minimum Gasteiger partial charge on any atom is -0.377 e. The Morgan fingerprint density at radius 2 is 2.00 bits per heavy atom. The van der Waals surface area contributed by atoms with Gasteiger partial charge in [-0.15, -0.1) is 11.8 Å². The Hall–Kier alpha value is -1.87. The van der Waals surface area contributed by atoms with Crippen molar-refractivity contribution in [3.8, 4) is 0 Å². The molecular weight excluding hydrogens is 408 g/mol. The Bertz CT molecular complexity index is 939. The van der Waals surface area contributed by atoms with E-state index in [2.05, 4.69) is 10.0 Å². The molecule has 8 heteroatoms. The highest BCUT2D eigenvalue weighted by Gasteiger charge is 2.21. The van der Waals surface area contributed by atoms with Crippen molar-refractivity contribution < 1.29 is 17.9 Å². The number of sulfonamides is 1. The monoisotopic (exact) mass is 434 g/mol.